The summed E-state index contributed by atoms with van der Waals surface area (Å²) in [5, 5.41) is 8.58. The van der Waals surface area contributed by atoms with Gasteiger partial charge < -0.3 is 45.4 Å². The number of ether oxygens (including phenoxy) is 5. The molecule has 0 aliphatic heterocycles. The molecule has 0 aromatic carbocycles. The van der Waals surface area contributed by atoms with Crippen molar-refractivity contribution >= 4 is 45.5 Å². The minimum absolute atomic E-state index is 0.00151. The van der Waals surface area contributed by atoms with Gasteiger partial charge in [0.05, 0.1) is 78.2 Å². The molecule has 0 rings (SSSR count). The molecule has 0 bridgehead atoms. The Labute approximate surface area is 716 Å². The Morgan fingerprint density at radius 1 is 0.350 bits per heavy atom. The smallest absolute Gasteiger partial charge is 0.462 e. The maximum Gasteiger partial charge on any atom is 0.475 e. The SMILES string of the molecule is C=CCOP(=O)(OCCN)OC[C@H](COCC[C@@H](CCCCCCC)OC(=O)CCCCCCCCCCC)NC(=O)CCCCCCCCCCCCC.C=CCOP(=O)(OCCNC(=O)OC(C)(C)C)OC[C@H](COCC[C@@H](CCCCCCC)OC(=O)CCCCCCCCCCC)NC(=O)CCCCCCCCCCCCC. The quantitative estimate of drug-likeness (QED) is 0.0145. The van der Waals surface area contributed by atoms with Crippen molar-refractivity contribution in [2.45, 2.75) is 465 Å². The first-order valence-electron chi connectivity index (χ1n) is 47.8. The molecule has 0 aromatic heterocycles. The number of phosphoric acid groups is 2. The van der Waals surface area contributed by atoms with Crippen LogP contribution in [0.15, 0.2) is 25.3 Å². The lowest BCUT2D eigenvalue weighted by atomic mass is 10.1. The van der Waals surface area contributed by atoms with Crippen molar-refractivity contribution in [3.8, 4) is 0 Å². The van der Waals surface area contributed by atoms with Gasteiger partial charge in [-0.15, -0.1) is 13.2 Å². The first-order valence-corrected chi connectivity index (χ1v) is 50.7. The Morgan fingerprint density at radius 2 is 0.632 bits per heavy atom. The van der Waals surface area contributed by atoms with Crippen LogP contribution in [0, 0.1) is 0 Å². The second-order valence-electron chi connectivity index (χ2n) is 33.2. The van der Waals surface area contributed by atoms with Crippen LogP contribution in [0.1, 0.15) is 435 Å². The summed E-state index contributed by atoms with van der Waals surface area (Å²) in [5.41, 5.74) is 4.89. The minimum atomic E-state index is -4.12. The normalized spacial score (nSPS) is 13.6. The fourth-order valence-corrected chi connectivity index (χ4v) is 15.8. The standard InChI is InChI=1S/C49H95N2O10P.C44H87N2O8P/c1-8-12-15-18-20-22-23-25-26-29-32-35-46(52)51-44(43-59-62(55,57-39-11-4)58-41-38-50-48(54)61-49(5,6)7)42-56-40-37-45(34-31-28-17-14-10-3)60-47(53)36-33-30-27-24-21-19-16-13-9-2;1-5-9-12-15-17-19-20-22-23-26-29-32-43(47)46-41(40-53-55(49,51-36-8-4)52-38-35-45)39-50-37-34-42(31-28-25-14-11-7-3)54-44(48)33-30-27-24-21-18-16-13-10-6-2/h11,44-45H,4,8-10,12-43H2,1-3,5-7H3,(H,50,54)(H,51,52);8,41-42H,4-7,9-40,45H2,1-3H3,(H,46,47)/t44-,45+,62?;41-,42+,55?/m00/s1. The lowest BCUT2D eigenvalue weighted by Gasteiger charge is -2.23. The third-order valence-corrected chi connectivity index (χ3v) is 23.2. The second kappa shape index (κ2) is 86.3. The van der Waals surface area contributed by atoms with Crippen molar-refractivity contribution in [3.05, 3.63) is 25.3 Å². The highest BCUT2D eigenvalue weighted by Gasteiger charge is 2.31. The van der Waals surface area contributed by atoms with E-state index in [1.807, 2.05) is 0 Å². The highest BCUT2D eigenvalue weighted by Crippen LogP contribution is 2.50. The van der Waals surface area contributed by atoms with E-state index in [4.69, 9.17) is 56.6 Å². The van der Waals surface area contributed by atoms with Crippen LogP contribution in [0.25, 0.3) is 0 Å². The Balaban J connectivity index is 0. The molecule has 0 aromatic rings. The monoisotopic (exact) mass is 1710 g/mol. The van der Waals surface area contributed by atoms with Crippen LogP contribution < -0.4 is 21.7 Å². The molecule has 2 unspecified atom stereocenters. The van der Waals surface area contributed by atoms with Gasteiger partial charge in [0.25, 0.3) is 0 Å². The molecular weight excluding hydrogens is 1520 g/mol. The summed E-state index contributed by atoms with van der Waals surface area (Å²) in [5.74, 6) is -0.523. The summed E-state index contributed by atoms with van der Waals surface area (Å²) in [6.07, 6.45) is 65.4. The van der Waals surface area contributed by atoms with E-state index in [1.54, 1.807) is 20.8 Å². The number of unbranched alkanes of at least 4 members (excludes halogenated alkanes) is 44. The van der Waals surface area contributed by atoms with Gasteiger partial charge >= 0.3 is 33.7 Å². The number of hydrogen-bond acceptors (Lipinski definition) is 19. The van der Waals surface area contributed by atoms with Crippen LogP contribution in [0.2, 0.25) is 0 Å². The lowest BCUT2D eigenvalue weighted by molar-refractivity contribution is -0.151. The zero-order chi connectivity index (χ0) is 86.5. The molecule has 0 aliphatic carbocycles. The van der Waals surface area contributed by atoms with E-state index in [0.717, 1.165) is 116 Å². The van der Waals surface area contributed by atoms with E-state index in [1.165, 1.54) is 230 Å². The average Bonchev–Trinajstić information content (AvgIpc) is 0.886. The minimum Gasteiger partial charge on any atom is -0.462 e. The summed E-state index contributed by atoms with van der Waals surface area (Å²) in [7, 11) is -8.05. The number of amides is 3. The predicted molar refractivity (Wildman–Crippen MR) is 482 cm³/mol. The summed E-state index contributed by atoms with van der Waals surface area (Å²) in [6.45, 7) is 26.3. The van der Waals surface area contributed by atoms with E-state index in [2.05, 4.69) is 70.7 Å². The molecular formula is C93H182N4O18P2. The van der Waals surface area contributed by atoms with Gasteiger partial charge in [0.1, 0.15) is 17.8 Å². The maximum absolute atomic E-state index is 13.6. The van der Waals surface area contributed by atoms with Gasteiger partial charge in [0.15, 0.2) is 0 Å². The first-order chi connectivity index (χ1) is 56.7. The molecule has 0 fully saturated rings. The molecule has 0 aliphatic rings. The van der Waals surface area contributed by atoms with E-state index < -0.39 is 39.4 Å². The van der Waals surface area contributed by atoms with E-state index in [9.17, 15) is 33.1 Å². The Hall–Kier alpha value is -3.27. The van der Waals surface area contributed by atoms with Crippen LogP contribution in [-0.4, -0.2) is 139 Å². The molecule has 24 heteroatoms. The zero-order valence-corrected chi connectivity index (χ0v) is 78.5. The number of esters is 2. The third kappa shape index (κ3) is 83.4. The van der Waals surface area contributed by atoms with Gasteiger partial charge in [-0.2, -0.15) is 0 Å². The molecule has 0 heterocycles. The number of carbonyl (C=O) groups excluding carboxylic acids is 5. The molecule has 0 radical (unpaired) electrons. The molecule has 0 saturated heterocycles. The van der Waals surface area contributed by atoms with Gasteiger partial charge in [0.2, 0.25) is 11.8 Å². The fourth-order valence-electron chi connectivity index (χ4n) is 13.4. The molecule has 0 saturated carbocycles. The largest absolute Gasteiger partial charge is 0.475 e. The third-order valence-electron chi connectivity index (χ3n) is 20.3. The number of nitrogens with two attached hydrogens (primary N) is 1. The van der Waals surface area contributed by atoms with Crippen LogP contribution in [0.5, 0.6) is 0 Å². The van der Waals surface area contributed by atoms with Gasteiger partial charge in [-0.1, -0.05) is 336 Å². The number of carbonyl (C=O) groups is 5. The molecule has 3 amide bonds. The van der Waals surface area contributed by atoms with Crippen molar-refractivity contribution in [3.63, 3.8) is 0 Å². The van der Waals surface area contributed by atoms with Crippen LogP contribution in [-0.2, 0) is 79.1 Å². The molecule has 5 N–H and O–H groups in total. The number of rotatable bonds is 89. The van der Waals surface area contributed by atoms with Crippen LogP contribution in [0.4, 0.5) is 4.79 Å². The molecule has 0 spiro atoms. The molecule has 22 nitrogen and oxygen atoms in total. The molecule has 6 atom stereocenters. The summed E-state index contributed by atoms with van der Waals surface area (Å²) in [6, 6.07) is -1.23. The fraction of sp³-hybridized carbons (Fsp3) is 0.903. The number of phosphoric ester groups is 2. The topological polar surface area (TPSA) is 283 Å². The molecule has 692 valence electrons. The second-order valence-corrected chi connectivity index (χ2v) is 36.5. The van der Waals surface area contributed by atoms with Gasteiger partial charge in [-0.25, -0.2) is 13.9 Å². The Bertz CT molecular complexity index is 2370. The summed E-state index contributed by atoms with van der Waals surface area (Å²) in [4.78, 5) is 63.9. The average molecular weight is 1710 g/mol. The van der Waals surface area contributed by atoms with Crippen molar-refractivity contribution in [1.29, 1.82) is 0 Å². The zero-order valence-electron chi connectivity index (χ0n) is 76.7. The predicted octanol–water partition coefficient (Wildman–Crippen LogP) is 25.7. The van der Waals surface area contributed by atoms with E-state index >= 15 is 0 Å². The van der Waals surface area contributed by atoms with Crippen molar-refractivity contribution < 1.29 is 83.9 Å². The van der Waals surface area contributed by atoms with Gasteiger partial charge in [-0.05, 0) is 72.1 Å². The summed E-state index contributed by atoms with van der Waals surface area (Å²) < 4.78 is 89.2. The lowest BCUT2D eigenvalue weighted by Crippen LogP contribution is -2.41. The van der Waals surface area contributed by atoms with Crippen molar-refractivity contribution in [2.24, 2.45) is 5.73 Å². The van der Waals surface area contributed by atoms with E-state index in [-0.39, 0.29) is 102 Å². The highest BCUT2D eigenvalue weighted by molar-refractivity contribution is 7.48. The van der Waals surface area contributed by atoms with Gasteiger partial charge in [0, 0.05) is 51.6 Å². The van der Waals surface area contributed by atoms with Crippen LogP contribution >= 0.6 is 15.6 Å². The molecule has 117 heavy (non-hydrogen) atoms. The van der Waals surface area contributed by atoms with E-state index in [0.29, 0.717) is 51.7 Å². The maximum atomic E-state index is 13.6. The van der Waals surface area contributed by atoms with Gasteiger partial charge in [-0.3, -0.25) is 46.3 Å². The highest BCUT2D eigenvalue weighted by atomic mass is 31.2. The van der Waals surface area contributed by atoms with Crippen molar-refractivity contribution in [2.75, 3.05) is 79.2 Å². The Kier molecular flexibility index (Phi) is 85.4. The number of alkyl carbamates (subject to hydrolysis) is 1. The van der Waals surface area contributed by atoms with Crippen molar-refractivity contribution in [1.82, 2.24) is 16.0 Å². The summed E-state index contributed by atoms with van der Waals surface area (Å²) >= 11 is 0. The van der Waals surface area contributed by atoms with Crippen LogP contribution in [0.3, 0.4) is 0 Å². The Morgan fingerprint density at radius 3 is 0.923 bits per heavy atom. The number of hydrogen-bond donors (Lipinski definition) is 4. The first kappa shape index (κ1) is 116. The number of nitrogens with one attached hydrogen (secondary N) is 3.